The van der Waals surface area contributed by atoms with Gasteiger partial charge >= 0.3 is 0 Å². The summed E-state index contributed by atoms with van der Waals surface area (Å²) in [7, 11) is 0. The molecule has 0 unspecified atom stereocenters. The number of amides is 1. The van der Waals surface area contributed by atoms with E-state index in [0.717, 1.165) is 5.69 Å². The van der Waals surface area contributed by atoms with Crippen LogP contribution in [-0.4, -0.2) is 33.6 Å². The van der Waals surface area contributed by atoms with Crippen LogP contribution in [0.5, 0.6) is 0 Å². The minimum atomic E-state index is -0.193. The quantitative estimate of drug-likeness (QED) is 0.887. The number of hydrogen-bond acceptors (Lipinski definition) is 4. The van der Waals surface area contributed by atoms with Crippen molar-refractivity contribution in [1.29, 1.82) is 0 Å². The third-order valence-corrected chi connectivity index (χ3v) is 2.40. The van der Waals surface area contributed by atoms with E-state index in [4.69, 9.17) is 4.74 Å². The lowest BCUT2D eigenvalue weighted by Gasteiger charge is -2.11. The molecule has 0 bridgehead atoms. The van der Waals surface area contributed by atoms with Gasteiger partial charge in [-0.2, -0.15) is 0 Å². The molecule has 19 heavy (non-hydrogen) atoms. The molecule has 2 rings (SSSR count). The van der Waals surface area contributed by atoms with E-state index >= 15 is 0 Å². The Kier molecular flexibility index (Phi) is 4.25. The largest absolute Gasteiger partial charge is 0.369 e. The van der Waals surface area contributed by atoms with Crippen LogP contribution < -0.4 is 5.32 Å². The standard InChI is InChI=1S/C13H16N4O2/c1-10(2)19-9-13(18)15-11-5-3-4-6-12(11)17-8-7-14-16-17/h3-8,10H,9H2,1-2H3,(H,15,18). The van der Waals surface area contributed by atoms with Crippen molar-refractivity contribution >= 4 is 11.6 Å². The maximum Gasteiger partial charge on any atom is 0.250 e. The molecule has 0 fully saturated rings. The van der Waals surface area contributed by atoms with Crippen LogP contribution >= 0.6 is 0 Å². The van der Waals surface area contributed by atoms with E-state index in [2.05, 4.69) is 15.6 Å². The Hall–Kier alpha value is -2.21. The normalized spacial score (nSPS) is 10.7. The number of benzene rings is 1. The summed E-state index contributed by atoms with van der Waals surface area (Å²) in [4.78, 5) is 11.8. The number of nitrogens with one attached hydrogen (secondary N) is 1. The Morgan fingerprint density at radius 1 is 1.42 bits per heavy atom. The average Bonchev–Trinajstić information content (AvgIpc) is 2.91. The molecule has 6 heteroatoms. The fraction of sp³-hybridized carbons (Fsp3) is 0.308. The molecular weight excluding hydrogens is 244 g/mol. The number of hydrogen-bond donors (Lipinski definition) is 1. The van der Waals surface area contributed by atoms with E-state index in [0.29, 0.717) is 5.69 Å². The summed E-state index contributed by atoms with van der Waals surface area (Å²) in [5, 5.41) is 10.5. The minimum absolute atomic E-state index is 0.0244. The van der Waals surface area contributed by atoms with Gasteiger partial charge in [-0.1, -0.05) is 17.3 Å². The van der Waals surface area contributed by atoms with Gasteiger partial charge in [-0.05, 0) is 26.0 Å². The lowest BCUT2D eigenvalue weighted by molar-refractivity contribution is -0.121. The molecule has 0 aliphatic carbocycles. The van der Waals surface area contributed by atoms with Crippen molar-refractivity contribution in [2.24, 2.45) is 0 Å². The van der Waals surface area contributed by atoms with E-state index in [-0.39, 0.29) is 18.6 Å². The summed E-state index contributed by atoms with van der Waals surface area (Å²) < 4.78 is 6.86. The van der Waals surface area contributed by atoms with Gasteiger partial charge in [-0.15, -0.1) is 5.10 Å². The molecule has 6 nitrogen and oxygen atoms in total. The first kappa shape index (κ1) is 13.2. The van der Waals surface area contributed by atoms with E-state index in [1.54, 1.807) is 17.1 Å². The van der Waals surface area contributed by atoms with Crippen LogP contribution in [0.1, 0.15) is 13.8 Å². The highest BCUT2D eigenvalue weighted by Gasteiger charge is 2.09. The highest BCUT2D eigenvalue weighted by atomic mass is 16.5. The zero-order chi connectivity index (χ0) is 13.7. The van der Waals surface area contributed by atoms with Crippen LogP contribution in [0, 0.1) is 0 Å². The van der Waals surface area contributed by atoms with Crippen LogP contribution in [0.3, 0.4) is 0 Å². The van der Waals surface area contributed by atoms with Crippen molar-refractivity contribution in [2.45, 2.75) is 20.0 Å². The molecular formula is C13H16N4O2. The summed E-state index contributed by atoms with van der Waals surface area (Å²) in [6, 6.07) is 7.38. The first-order valence-electron chi connectivity index (χ1n) is 6.04. The molecule has 2 aromatic rings. The van der Waals surface area contributed by atoms with Gasteiger partial charge in [0.1, 0.15) is 6.61 Å². The van der Waals surface area contributed by atoms with Crippen LogP contribution in [0.4, 0.5) is 5.69 Å². The summed E-state index contributed by atoms with van der Waals surface area (Å²) in [6.07, 6.45) is 3.33. The predicted octanol–water partition coefficient (Wildman–Crippen LogP) is 1.63. The molecule has 0 aliphatic rings. The van der Waals surface area contributed by atoms with Crippen LogP contribution in [0.25, 0.3) is 5.69 Å². The maximum atomic E-state index is 11.8. The van der Waals surface area contributed by atoms with Gasteiger partial charge in [0, 0.05) is 0 Å². The van der Waals surface area contributed by atoms with Crippen LogP contribution in [-0.2, 0) is 9.53 Å². The van der Waals surface area contributed by atoms with Crippen molar-refractivity contribution in [2.75, 3.05) is 11.9 Å². The molecule has 1 heterocycles. The zero-order valence-electron chi connectivity index (χ0n) is 10.9. The summed E-state index contributed by atoms with van der Waals surface area (Å²) in [5.74, 6) is -0.193. The fourth-order valence-corrected chi connectivity index (χ4v) is 1.54. The van der Waals surface area contributed by atoms with Gasteiger partial charge in [0.05, 0.1) is 29.9 Å². The van der Waals surface area contributed by atoms with Crippen molar-refractivity contribution in [1.82, 2.24) is 15.0 Å². The van der Waals surface area contributed by atoms with Gasteiger partial charge in [0.2, 0.25) is 5.91 Å². The van der Waals surface area contributed by atoms with Gasteiger partial charge < -0.3 is 10.1 Å². The van der Waals surface area contributed by atoms with Gasteiger partial charge in [0.15, 0.2) is 0 Å². The SMILES string of the molecule is CC(C)OCC(=O)Nc1ccccc1-n1ccnn1. The Morgan fingerprint density at radius 2 is 2.21 bits per heavy atom. The molecule has 0 spiro atoms. The van der Waals surface area contributed by atoms with Gasteiger partial charge in [-0.3, -0.25) is 4.79 Å². The van der Waals surface area contributed by atoms with Gasteiger partial charge in [-0.25, -0.2) is 4.68 Å². The number of rotatable bonds is 5. The highest BCUT2D eigenvalue weighted by Crippen LogP contribution is 2.18. The topological polar surface area (TPSA) is 69.0 Å². The molecule has 0 aliphatic heterocycles. The van der Waals surface area contributed by atoms with E-state index in [1.807, 2.05) is 38.1 Å². The van der Waals surface area contributed by atoms with Crippen molar-refractivity contribution in [3.63, 3.8) is 0 Å². The number of ether oxygens (including phenoxy) is 1. The Balaban J connectivity index is 2.10. The first-order chi connectivity index (χ1) is 9.16. The second-order valence-electron chi connectivity index (χ2n) is 4.27. The number of nitrogens with zero attached hydrogens (tertiary/aromatic N) is 3. The maximum absolute atomic E-state index is 11.8. The molecule has 100 valence electrons. The average molecular weight is 260 g/mol. The second-order valence-corrected chi connectivity index (χ2v) is 4.27. The lowest BCUT2D eigenvalue weighted by Crippen LogP contribution is -2.21. The lowest BCUT2D eigenvalue weighted by atomic mass is 10.2. The minimum Gasteiger partial charge on any atom is -0.369 e. The van der Waals surface area contributed by atoms with Crippen LogP contribution in [0.15, 0.2) is 36.7 Å². The first-order valence-corrected chi connectivity index (χ1v) is 6.04. The van der Waals surface area contributed by atoms with Crippen molar-refractivity contribution in [3.8, 4) is 5.69 Å². The summed E-state index contributed by atoms with van der Waals surface area (Å²) in [5.41, 5.74) is 1.43. The fourth-order valence-electron chi connectivity index (χ4n) is 1.54. The van der Waals surface area contributed by atoms with Crippen LogP contribution in [0.2, 0.25) is 0 Å². The number of aromatic nitrogens is 3. The molecule has 1 aromatic heterocycles. The van der Waals surface area contributed by atoms with E-state index in [9.17, 15) is 4.79 Å². The van der Waals surface area contributed by atoms with Gasteiger partial charge in [0.25, 0.3) is 0 Å². The Bertz CT molecular complexity index is 537. The molecule has 0 radical (unpaired) electrons. The highest BCUT2D eigenvalue weighted by molar-refractivity contribution is 5.93. The molecule has 1 amide bonds. The summed E-state index contributed by atoms with van der Waals surface area (Å²) in [6.45, 7) is 3.80. The monoisotopic (exact) mass is 260 g/mol. The van der Waals surface area contributed by atoms with Crippen molar-refractivity contribution < 1.29 is 9.53 Å². The molecule has 0 atom stereocenters. The number of anilines is 1. The van der Waals surface area contributed by atoms with Crippen molar-refractivity contribution in [3.05, 3.63) is 36.7 Å². The third kappa shape index (κ3) is 3.62. The number of carbonyl (C=O) groups excluding carboxylic acids is 1. The Labute approximate surface area is 111 Å². The smallest absolute Gasteiger partial charge is 0.250 e. The van der Waals surface area contributed by atoms with E-state index in [1.165, 1.54) is 0 Å². The Morgan fingerprint density at radius 3 is 2.89 bits per heavy atom. The molecule has 1 aromatic carbocycles. The van der Waals surface area contributed by atoms with E-state index < -0.39 is 0 Å². The second kappa shape index (κ2) is 6.10. The number of carbonyl (C=O) groups is 1. The molecule has 0 saturated carbocycles. The third-order valence-electron chi connectivity index (χ3n) is 2.40. The molecule has 1 N–H and O–H groups in total. The summed E-state index contributed by atoms with van der Waals surface area (Å²) >= 11 is 0. The predicted molar refractivity (Wildman–Crippen MR) is 71.1 cm³/mol. The zero-order valence-corrected chi connectivity index (χ0v) is 10.9. The molecule has 0 saturated heterocycles. The number of para-hydroxylation sites is 2.